The van der Waals surface area contributed by atoms with E-state index in [1.165, 1.54) is 18.3 Å². The first kappa shape index (κ1) is 15.9. The molecule has 2 aromatic carbocycles. The van der Waals surface area contributed by atoms with Gasteiger partial charge in [-0.2, -0.15) is 10.2 Å². The Morgan fingerprint density at radius 3 is 2.71 bits per heavy atom. The molecule has 5 nitrogen and oxygen atoms in total. The lowest BCUT2D eigenvalue weighted by Crippen LogP contribution is -2.18. The molecule has 1 amide bonds. The third-order valence-electron chi connectivity index (χ3n) is 3.24. The van der Waals surface area contributed by atoms with E-state index in [4.69, 9.17) is 11.6 Å². The number of rotatable bonds is 4. The summed E-state index contributed by atoms with van der Waals surface area (Å²) in [4.78, 5) is 12.0. The Bertz CT molecular complexity index is 890. The number of aromatic amines is 1. The molecule has 2 N–H and O–H groups in total. The number of benzene rings is 2. The zero-order valence-electron chi connectivity index (χ0n) is 12.3. The fourth-order valence-electron chi connectivity index (χ4n) is 2.01. The number of aromatic nitrogens is 2. The standard InChI is InChI=1S/C17H12ClFN4O/c18-14-4-2-1-3-12(14)10-20-23-17(24)16-9-15(21-22-16)11-5-7-13(19)8-6-11/h1-10H,(H,21,22)(H,23,24). The molecule has 0 fully saturated rings. The molecule has 0 aliphatic heterocycles. The highest BCUT2D eigenvalue weighted by atomic mass is 35.5. The normalized spacial score (nSPS) is 10.9. The van der Waals surface area contributed by atoms with Crippen molar-refractivity contribution in [3.05, 3.63) is 76.7 Å². The molecule has 0 bridgehead atoms. The van der Waals surface area contributed by atoms with E-state index in [2.05, 4.69) is 20.7 Å². The van der Waals surface area contributed by atoms with Crippen molar-refractivity contribution in [2.45, 2.75) is 0 Å². The fraction of sp³-hybridized carbons (Fsp3) is 0. The lowest BCUT2D eigenvalue weighted by Gasteiger charge is -1.97. The third kappa shape index (κ3) is 3.67. The predicted molar refractivity (Wildman–Crippen MR) is 90.5 cm³/mol. The summed E-state index contributed by atoms with van der Waals surface area (Å²) in [5.74, 6) is -0.777. The first-order chi connectivity index (χ1) is 11.6. The topological polar surface area (TPSA) is 70.1 Å². The summed E-state index contributed by atoms with van der Waals surface area (Å²) in [5.41, 5.74) is 4.56. The van der Waals surface area contributed by atoms with Gasteiger partial charge in [0.05, 0.1) is 11.9 Å². The Balaban J connectivity index is 1.68. The molecule has 3 aromatic rings. The maximum atomic E-state index is 12.9. The summed E-state index contributed by atoms with van der Waals surface area (Å²) in [7, 11) is 0. The molecule has 0 saturated carbocycles. The van der Waals surface area contributed by atoms with Crippen LogP contribution in [0.2, 0.25) is 5.02 Å². The highest BCUT2D eigenvalue weighted by Gasteiger charge is 2.10. The lowest BCUT2D eigenvalue weighted by atomic mass is 10.1. The third-order valence-corrected chi connectivity index (χ3v) is 3.58. The smallest absolute Gasteiger partial charge is 0.272 e. The van der Waals surface area contributed by atoms with Crippen LogP contribution in [-0.2, 0) is 0 Å². The van der Waals surface area contributed by atoms with Gasteiger partial charge in [-0.25, -0.2) is 9.82 Å². The van der Waals surface area contributed by atoms with Crippen LogP contribution in [0.3, 0.4) is 0 Å². The van der Waals surface area contributed by atoms with Crippen LogP contribution in [-0.4, -0.2) is 22.3 Å². The number of H-pyrrole nitrogens is 1. The second-order valence-electron chi connectivity index (χ2n) is 4.89. The molecule has 1 heterocycles. The highest BCUT2D eigenvalue weighted by molar-refractivity contribution is 6.33. The van der Waals surface area contributed by atoms with Crippen molar-refractivity contribution in [1.82, 2.24) is 15.6 Å². The minimum absolute atomic E-state index is 0.241. The molecule has 24 heavy (non-hydrogen) atoms. The number of amides is 1. The molecule has 120 valence electrons. The van der Waals surface area contributed by atoms with Gasteiger partial charge in [0.2, 0.25) is 0 Å². The SMILES string of the molecule is O=C(NN=Cc1ccccc1Cl)c1cc(-c2ccc(F)cc2)n[nH]1. The molecule has 0 atom stereocenters. The van der Waals surface area contributed by atoms with Gasteiger partial charge in [0.1, 0.15) is 11.5 Å². The molecule has 0 aliphatic rings. The molecule has 3 rings (SSSR count). The van der Waals surface area contributed by atoms with Crippen LogP contribution in [0.4, 0.5) is 4.39 Å². The van der Waals surface area contributed by atoms with Gasteiger partial charge in [-0.15, -0.1) is 0 Å². The van der Waals surface area contributed by atoms with Gasteiger partial charge >= 0.3 is 0 Å². The van der Waals surface area contributed by atoms with Crippen molar-refractivity contribution < 1.29 is 9.18 Å². The second-order valence-corrected chi connectivity index (χ2v) is 5.30. The number of hydrogen-bond acceptors (Lipinski definition) is 3. The number of carbonyl (C=O) groups is 1. The summed E-state index contributed by atoms with van der Waals surface area (Å²) in [6.07, 6.45) is 1.46. The Morgan fingerprint density at radius 2 is 1.96 bits per heavy atom. The summed E-state index contributed by atoms with van der Waals surface area (Å²) >= 11 is 5.99. The van der Waals surface area contributed by atoms with Gasteiger partial charge in [0, 0.05) is 16.1 Å². The van der Waals surface area contributed by atoms with Crippen molar-refractivity contribution in [2.75, 3.05) is 0 Å². The summed E-state index contributed by atoms with van der Waals surface area (Å²) in [6, 6.07) is 14.5. The zero-order valence-corrected chi connectivity index (χ0v) is 13.1. The fourth-order valence-corrected chi connectivity index (χ4v) is 2.19. The van der Waals surface area contributed by atoms with E-state index in [-0.39, 0.29) is 11.5 Å². The van der Waals surface area contributed by atoms with E-state index in [0.717, 1.165) is 0 Å². The summed E-state index contributed by atoms with van der Waals surface area (Å²) < 4.78 is 12.9. The highest BCUT2D eigenvalue weighted by Crippen LogP contribution is 2.18. The summed E-state index contributed by atoms with van der Waals surface area (Å²) in [5, 5.41) is 11.1. The van der Waals surface area contributed by atoms with Crippen molar-refractivity contribution in [3.8, 4) is 11.3 Å². The average Bonchev–Trinajstić information content (AvgIpc) is 3.07. The van der Waals surface area contributed by atoms with Crippen molar-refractivity contribution in [3.63, 3.8) is 0 Å². The molecular weight excluding hydrogens is 331 g/mol. The van der Waals surface area contributed by atoms with Gasteiger partial charge in [-0.3, -0.25) is 9.89 Å². The molecule has 1 aromatic heterocycles. The van der Waals surface area contributed by atoms with Crippen LogP contribution in [0.25, 0.3) is 11.3 Å². The number of carbonyl (C=O) groups excluding carboxylic acids is 1. The van der Waals surface area contributed by atoms with Gasteiger partial charge in [0.15, 0.2) is 0 Å². The van der Waals surface area contributed by atoms with E-state index in [1.54, 1.807) is 36.4 Å². The molecule has 0 spiro atoms. The Morgan fingerprint density at radius 1 is 1.21 bits per heavy atom. The monoisotopic (exact) mass is 342 g/mol. The van der Waals surface area contributed by atoms with E-state index in [9.17, 15) is 9.18 Å². The van der Waals surface area contributed by atoms with Crippen LogP contribution in [0.15, 0.2) is 59.7 Å². The maximum absolute atomic E-state index is 12.9. The largest absolute Gasteiger partial charge is 0.289 e. The van der Waals surface area contributed by atoms with E-state index in [0.29, 0.717) is 21.8 Å². The van der Waals surface area contributed by atoms with E-state index >= 15 is 0 Å². The van der Waals surface area contributed by atoms with Crippen LogP contribution in [0.1, 0.15) is 16.1 Å². The molecule has 7 heteroatoms. The first-order valence-corrected chi connectivity index (χ1v) is 7.40. The quantitative estimate of drug-likeness (QED) is 0.561. The molecule has 0 aliphatic carbocycles. The minimum atomic E-state index is -0.445. The number of hydrazone groups is 1. The van der Waals surface area contributed by atoms with Gasteiger partial charge < -0.3 is 0 Å². The van der Waals surface area contributed by atoms with Gasteiger partial charge in [0.25, 0.3) is 5.91 Å². The second kappa shape index (κ2) is 7.06. The maximum Gasteiger partial charge on any atom is 0.289 e. The van der Waals surface area contributed by atoms with Gasteiger partial charge in [-0.1, -0.05) is 29.8 Å². The van der Waals surface area contributed by atoms with Crippen LogP contribution in [0.5, 0.6) is 0 Å². The summed E-state index contributed by atoms with van der Waals surface area (Å²) in [6.45, 7) is 0. The first-order valence-electron chi connectivity index (χ1n) is 7.03. The molecule has 0 saturated heterocycles. The number of nitrogens with zero attached hydrogens (tertiary/aromatic N) is 2. The van der Waals surface area contributed by atoms with E-state index in [1.807, 2.05) is 6.07 Å². The predicted octanol–water partition coefficient (Wildman–Crippen LogP) is 3.63. The van der Waals surface area contributed by atoms with E-state index < -0.39 is 5.91 Å². The van der Waals surface area contributed by atoms with Gasteiger partial charge in [-0.05, 0) is 36.4 Å². The Hall–Kier alpha value is -2.99. The number of hydrogen-bond donors (Lipinski definition) is 2. The van der Waals surface area contributed by atoms with Crippen molar-refractivity contribution in [1.29, 1.82) is 0 Å². The molecular formula is C17H12ClFN4O. The van der Waals surface area contributed by atoms with Crippen LogP contribution < -0.4 is 5.43 Å². The Kier molecular flexibility index (Phi) is 4.67. The van der Waals surface area contributed by atoms with Crippen LogP contribution >= 0.6 is 11.6 Å². The lowest BCUT2D eigenvalue weighted by molar-refractivity contribution is 0.0950. The zero-order chi connectivity index (χ0) is 16.9. The minimum Gasteiger partial charge on any atom is -0.272 e. The molecule has 0 unspecified atom stereocenters. The molecule has 0 radical (unpaired) electrons. The number of nitrogens with one attached hydrogen (secondary N) is 2. The average molecular weight is 343 g/mol. The number of halogens is 2. The van der Waals surface area contributed by atoms with Crippen molar-refractivity contribution in [2.24, 2.45) is 5.10 Å². The van der Waals surface area contributed by atoms with Crippen molar-refractivity contribution >= 4 is 23.7 Å². The van der Waals surface area contributed by atoms with Crippen LogP contribution in [0, 0.1) is 5.82 Å². The Labute approximate surface area is 142 Å².